The van der Waals surface area contributed by atoms with E-state index in [2.05, 4.69) is 17.3 Å². The zero-order chi connectivity index (χ0) is 8.72. The molecule has 1 amide bonds. The monoisotopic (exact) mass is 168 g/mol. The van der Waals surface area contributed by atoms with E-state index in [9.17, 15) is 4.79 Å². The Morgan fingerprint density at radius 1 is 1.42 bits per heavy atom. The van der Waals surface area contributed by atoms with E-state index >= 15 is 0 Å². The van der Waals surface area contributed by atoms with Crippen LogP contribution in [-0.2, 0) is 4.79 Å². The van der Waals surface area contributed by atoms with Crippen LogP contribution in [-0.4, -0.2) is 37.0 Å². The summed E-state index contributed by atoms with van der Waals surface area (Å²) in [5.41, 5.74) is 0. The normalized spacial score (nSPS) is 40.3. The van der Waals surface area contributed by atoms with Crippen molar-refractivity contribution in [3.63, 3.8) is 0 Å². The second kappa shape index (κ2) is 2.73. The molecule has 3 atom stereocenters. The van der Waals surface area contributed by atoms with Crippen LogP contribution in [0.25, 0.3) is 0 Å². The number of hydrogen-bond donors (Lipinski definition) is 1. The van der Waals surface area contributed by atoms with Gasteiger partial charge in [-0.15, -0.1) is 0 Å². The Hall–Kier alpha value is -0.570. The molecular formula is C9H16N2O. The number of hydrogen-bond acceptors (Lipinski definition) is 2. The highest BCUT2D eigenvalue weighted by atomic mass is 16.1. The Labute approximate surface area is 73.1 Å². The van der Waals surface area contributed by atoms with Crippen molar-refractivity contribution in [2.45, 2.75) is 19.4 Å². The Morgan fingerprint density at radius 2 is 2.00 bits per heavy atom. The van der Waals surface area contributed by atoms with Gasteiger partial charge in [-0.05, 0) is 25.3 Å². The highest BCUT2D eigenvalue weighted by molar-refractivity contribution is 5.73. The molecular weight excluding hydrogens is 152 g/mol. The quantitative estimate of drug-likeness (QED) is 0.601. The van der Waals surface area contributed by atoms with Crippen molar-refractivity contribution in [2.75, 3.05) is 20.1 Å². The largest absolute Gasteiger partial charge is 0.353 e. The van der Waals surface area contributed by atoms with Crippen LogP contribution in [0.3, 0.4) is 0 Å². The number of carbonyl (C=O) groups excluding carboxylic acids is 1. The summed E-state index contributed by atoms with van der Waals surface area (Å²) in [4.78, 5) is 13.2. The Balaban J connectivity index is 1.91. The number of fused-ring (bicyclic) bond motifs is 2. The van der Waals surface area contributed by atoms with Gasteiger partial charge in [-0.25, -0.2) is 0 Å². The summed E-state index contributed by atoms with van der Waals surface area (Å²) in [6.07, 6.45) is 1.31. The van der Waals surface area contributed by atoms with Gasteiger partial charge >= 0.3 is 0 Å². The fraction of sp³-hybridized carbons (Fsp3) is 0.889. The average Bonchev–Trinajstić information content (AvgIpc) is 2.00. The van der Waals surface area contributed by atoms with Crippen LogP contribution in [0, 0.1) is 11.8 Å². The van der Waals surface area contributed by atoms with E-state index in [4.69, 9.17) is 0 Å². The molecule has 2 saturated heterocycles. The Kier molecular flexibility index (Phi) is 1.83. The zero-order valence-electron chi connectivity index (χ0n) is 7.71. The maximum absolute atomic E-state index is 10.8. The van der Waals surface area contributed by atoms with Crippen molar-refractivity contribution in [3.05, 3.63) is 0 Å². The number of nitrogens with zero attached hydrogens (tertiary/aromatic N) is 1. The van der Waals surface area contributed by atoms with Crippen molar-refractivity contribution in [3.8, 4) is 0 Å². The second-order valence-electron chi connectivity index (χ2n) is 4.20. The first kappa shape index (κ1) is 8.05. The first-order valence-electron chi connectivity index (χ1n) is 4.62. The molecule has 3 fully saturated rings. The van der Waals surface area contributed by atoms with E-state index in [0.29, 0.717) is 6.04 Å². The summed E-state index contributed by atoms with van der Waals surface area (Å²) in [6.45, 7) is 3.92. The third-order valence-electron chi connectivity index (χ3n) is 3.08. The molecule has 2 bridgehead atoms. The van der Waals surface area contributed by atoms with Gasteiger partial charge in [0.1, 0.15) is 0 Å². The van der Waals surface area contributed by atoms with E-state index in [-0.39, 0.29) is 5.91 Å². The molecule has 0 radical (unpaired) electrons. The summed E-state index contributed by atoms with van der Waals surface area (Å²) in [5, 5.41) is 3.04. The number of carbonyl (C=O) groups is 1. The van der Waals surface area contributed by atoms with Crippen LogP contribution in [0.2, 0.25) is 0 Å². The van der Waals surface area contributed by atoms with Crippen LogP contribution >= 0.6 is 0 Å². The summed E-state index contributed by atoms with van der Waals surface area (Å²) in [6, 6.07) is 0.485. The third kappa shape index (κ3) is 1.22. The van der Waals surface area contributed by atoms with Crippen molar-refractivity contribution in [2.24, 2.45) is 11.8 Å². The summed E-state index contributed by atoms with van der Waals surface area (Å²) < 4.78 is 0. The SMILES string of the molecule is CC(=O)NC1[C@@H]2C[C@H]1CN(C)C2. The molecule has 2 heterocycles. The zero-order valence-corrected chi connectivity index (χ0v) is 7.71. The topological polar surface area (TPSA) is 32.3 Å². The summed E-state index contributed by atoms with van der Waals surface area (Å²) in [7, 11) is 2.16. The molecule has 12 heavy (non-hydrogen) atoms. The average molecular weight is 168 g/mol. The summed E-state index contributed by atoms with van der Waals surface area (Å²) in [5.74, 6) is 1.56. The van der Waals surface area contributed by atoms with Gasteiger partial charge in [0.2, 0.25) is 5.91 Å². The van der Waals surface area contributed by atoms with E-state index in [0.717, 1.165) is 24.9 Å². The Morgan fingerprint density at radius 3 is 2.50 bits per heavy atom. The van der Waals surface area contributed by atoms with Gasteiger partial charge in [-0.1, -0.05) is 0 Å². The maximum Gasteiger partial charge on any atom is 0.217 e. The fourth-order valence-electron chi connectivity index (χ4n) is 2.59. The smallest absolute Gasteiger partial charge is 0.217 e. The highest BCUT2D eigenvalue weighted by Gasteiger charge is 2.45. The van der Waals surface area contributed by atoms with Gasteiger partial charge in [0.15, 0.2) is 0 Å². The van der Waals surface area contributed by atoms with Crippen molar-refractivity contribution in [1.29, 1.82) is 0 Å². The van der Waals surface area contributed by atoms with E-state index < -0.39 is 0 Å². The van der Waals surface area contributed by atoms with Crippen LogP contribution < -0.4 is 5.32 Å². The molecule has 0 spiro atoms. The molecule has 0 aromatic carbocycles. The van der Waals surface area contributed by atoms with Crippen LogP contribution in [0.5, 0.6) is 0 Å². The highest BCUT2D eigenvalue weighted by Crippen LogP contribution is 2.39. The van der Waals surface area contributed by atoms with Gasteiger partial charge in [0.05, 0.1) is 0 Å². The lowest BCUT2D eigenvalue weighted by Gasteiger charge is -2.52. The molecule has 0 aromatic heterocycles. The molecule has 3 aliphatic rings. The minimum Gasteiger partial charge on any atom is -0.353 e. The minimum atomic E-state index is 0.124. The summed E-state index contributed by atoms with van der Waals surface area (Å²) >= 11 is 0. The predicted molar refractivity (Wildman–Crippen MR) is 46.7 cm³/mol. The number of amides is 1. The molecule has 3 heteroatoms. The lowest BCUT2D eigenvalue weighted by molar-refractivity contribution is -0.123. The van der Waals surface area contributed by atoms with Crippen molar-refractivity contribution < 1.29 is 4.79 Å². The van der Waals surface area contributed by atoms with E-state index in [1.54, 1.807) is 6.92 Å². The molecule has 1 saturated carbocycles. The lowest BCUT2D eigenvalue weighted by Crippen LogP contribution is -2.63. The number of nitrogens with one attached hydrogen (secondary N) is 1. The van der Waals surface area contributed by atoms with Crippen LogP contribution in [0.15, 0.2) is 0 Å². The molecule has 1 N–H and O–H groups in total. The van der Waals surface area contributed by atoms with Crippen LogP contribution in [0.4, 0.5) is 0 Å². The molecule has 1 unspecified atom stereocenters. The van der Waals surface area contributed by atoms with E-state index in [1.807, 2.05) is 0 Å². The molecule has 3 nitrogen and oxygen atoms in total. The molecule has 0 aromatic rings. The van der Waals surface area contributed by atoms with Crippen LogP contribution in [0.1, 0.15) is 13.3 Å². The molecule has 3 rings (SSSR count). The number of rotatable bonds is 1. The van der Waals surface area contributed by atoms with Crippen molar-refractivity contribution >= 4 is 5.91 Å². The van der Waals surface area contributed by atoms with Gasteiger partial charge in [0, 0.05) is 26.1 Å². The third-order valence-corrected chi connectivity index (χ3v) is 3.08. The molecule has 1 aliphatic carbocycles. The second-order valence-corrected chi connectivity index (χ2v) is 4.20. The first-order chi connectivity index (χ1) is 5.66. The maximum atomic E-state index is 10.8. The van der Waals surface area contributed by atoms with Crippen molar-refractivity contribution in [1.82, 2.24) is 10.2 Å². The number of piperidine rings is 2. The van der Waals surface area contributed by atoms with Gasteiger partial charge in [0.25, 0.3) is 0 Å². The first-order valence-corrected chi connectivity index (χ1v) is 4.62. The Bertz CT molecular complexity index is 193. The van der Waals surface area contributed by atoms with Gasteiger partial charge in [-0.2, -0.15) is 0 Å². The minimum absolute atomic E-state index is 0.124. The lowest BCUT2D eigenvalue weighted by atomic mass is 9.66. The van der Waals surface area contributed by atoms with Gasteiger partial charge in [-0.3, -0.25) is 4.79 Å². The predicted octanol–water partition coefficient (Wildman–Crippen LogP) is 0.0726. The molecule has 68 valence electrons. The van der Waals surface area contributed by atoms with Gasteiger partial charge < -0.3 is 10.2 Å². The van der Waals surface area contributed by atoms with E-state index in [1.165, 1.54) is 6.42 Å². The standard InChI is InChI=1S/C9H16N2O/c1-6(12)10-9-7-3-8(9)5-11(2)4-7/h7-9H,3-5H2,1-2H3,(H,10,12)/t7-,8+,9?. The molecule has 2 aliphatic heterocycles. The fourth-order valence-corrected chi connectivity index (χ4v) is 2.59.